The van der Waals surface area contributed by atoms with Crippen molar-refractivity contribution in [2.45, 2.75) is 19.8 Å². The van der Waals surface area contributed by atoms with Gasteiger partial charge in [-0.05, 0) is 61.2 Å². The maximum atomic E-state index is 14.6. The van der Waals surface area contributed by atoms with Crippen molar-refractivity contribution in [3.8, 4) is 6.07 Å². The summed E-state index contributed by atoms with van der Waals surface area (Å²) in [6, 6.07) is 10.5. The normalized spacial score (nSPS) is 14.7. The predicted molar refractivity (Wildman–Crippen MR) is 103 cm³/mol. The number of benzene rings is 2. The monoisotopic (exact) mass is 374 g/mol. The Bertz CT molecular complexity index is 878. The van der Waals surface area contributed by atoms with Crippen molar-refractivity contribution in [2.24, 2.45) is 0 Å². The fourth-order valence-corrected chi connectivity index (χ4v) is 3.58. The number of nitrogens with zero attached hydrogens (tertiary/aromatic N) is 2. The van der Waals surface area contributed by atoms with Crippen LogP contribution in [0.15, 0.2) is 30.3 Å². The van der Waals surface area contributed by atoms with E-state index >= 15 is 0 Å². The molecule has 5 heteroatoms. The summed E-state index contributed by atoms with van der Waals surface area (Å²) >= 11 is 12.1. The summed E-state index contributed by atoms with van der Waals surface area (Å²) in [5.41, 5.74) is 3.18. The first-order valence-electron chi connectivity index (χ1n) is 8.12. The van der Waals surface area contributed by atoms with Crippen molar-refractivity contribution in [2.75, 3.05) is 18.0 Å². The lowest BCUT2D eigenvalue weighted by Crippen LogP contribution is -2.19. The maximum Gasteiger partial charge on any atom is 0.147 e. The van der Waals surface area contributed by atoms with E-state index in [2.05, 4.69) is 11.0 Å². The molecule has 2 aromatic rings. The van der Waals surface area contributed by atoms with E-state index in [1.54, 1.807) is 24.3 Å². The van der Waals surface area contributed by atoms with E-state index in [1.807, 2.05) is 13.0 Å². The topological polar surface area (TPSA) is 27.0 Å². The Hall–Kier alpha value is -2.02. The second-order valence-corrected chi connectivity index (χ2v) is 6.99. The highest BCUT2D eigenvalue weighted by molar-refractivity contribution is 6.36. The lowest BCUT2D eigenvalue weighted by atomic mass is 10.0. The standard InChI is InChI=1S/C20H17Cl2FN2/c1-13-8-20(25-6-2-3-7-25)19(23)10-14(13)9-15(12-24)17-5-4-16(21)11-18(17)22/h4-5,8-11H,2-3,6-7H2,1H3/b15-9-. The smallest absolute Gasteiger partial charge is 0.147 e. The average Bonchev–Trinajstić information content (AvgIpc) is 3.10. The molecule has 25 heavy (non-hydrogen) atoms. The summed E-state index contributed by atoms with van der Waals surface area (Å²) in [5.74, 6) is -0.266. The van der Waals surface area contributed by atoms with Gasteiger partial charge in [-0.1, -0.05) is 29.3 Å². The molecule has 2 aromatic carbocycles. The van der Waals surface area contributed by atoms with Crippen molar-refractivity contribution >= 4 is 40.5 Å². The van der Waals surface area contributed by atoms with Gasteiger partial charge in [-0.3, -0.25) is 0 Å². The number of nitriles is 1. The van der Waals surface area contributed by atoms with Crippen molar-refractivity contribution in [1.82, 2.24) is 0 Å². The molecule has 2 nitrogen and oxygen atoms in total. The van der Waals surface area contributed by atoms with Crippen molar-refractivity contribution < 1.29 is 4.39 Å². The zero-order chi connectivity index (χ0) is 18.0. The van der Waals surface area contributed by atoms with Gasteiger partial charge in [0.1, 0.15) is 5.82 Å². The lowest BCUT2D eigenvalue weighted by Gasteiger charge is -2.19. The Kier molecular flexibility index (Phi) is 5.32. The molecular weight excluding hydrogens is 358 g/mol. The van der Waals surface area contributed by atoms with Gasteiger partial charge in [-0.25, -0.2) is 4.39 Å². The summed E-state index contributed by atoms with van der Waals surface area (Å²) < 4.78 is 14.6. The highest BCUT2D eigenvalue weighted by Crippen LogP contribution is 2.31. The van der Waals surface area contributed by atoms with Crippen LogP contribution in [0.2, 0.25) is 10.0 Å². The van der Waals surface area contributed by atoms with E-state index in [9.17, 15) is 9.65 Å². The van der Waals surface area contributed by atoms with Gasteiger partial charge in [0.05, 0.1) is 22.4 Å². The number of halogens is 3. The minimum atomic E-state index is -0.266. The fraction of sp³-hybridized carbons (Fsp3) is 0.250. The van der Waals surface area contributed by atoms with E-state index in [-0.39, 0.29) is 5.82 Å². The summed E-state index contributed by atoms with van der Waals surface area (Å²) in [6.07, 6.45) is 3.85. The highest BCUT2D eigenvalue weighted by atomic mass is 35.5. The number of hydrogen-bond donors (Lipinski definition) is 0. The van der Waals surface area contributed by atoms with Crippen LogP contribution in [0.4, 0.5) is 10.1 Å². The SMILES string of the molecule is Cc1cc(N2CCCC2)c(F)cc1/C=C(/C#N)c1ccc(Cl)cc1Cl. The molecule has 0 radical (unpaired) electrons. The number of hydrogen-bond acceptors (Lipinski definition) is 2. The van der Waals surface area contributed by atoms with Crippen LogP contribution in [-0.2, 0) is 0 Å². The van der Waals surface area contributed by atoms with Crippen LogP contribution in [0.3, 0.4) is 0 Å². The fourth-order valence-electron chi connectivity index (χ4n) is 3.07. The number of rotatable bonds is 3. The van der Waals surface area contributed by atoms with Gasteiger partial charge in [0.25, 0.3) is 0 Å². The third-order valence-electron chi connectivity index (χ3n) is 4.42. The van der Waals surface area contributed by atoms with E-state index in [0.717, 1.165) is 31.5 Å². The Morgan fingerprint density at radius 2 is 1.92 bits per heavy atom. The van der Waals surface area contributed by atoms with E-state index in [0.29, 0.717) is 32.4 Å². The molecule has 0 spiro atoms. The predicted octanol–water partition coefficient (Wildman–Crippen LogP) is 6.11. The van der Waals surface area contributed by atoms with Crippen molar-refractivity contribution in [3.63, 3.8) is 0 Å². The third-order valence-corrected chi connectivity index (χ3v) is 4.97. The molecule has 1 fully saturated rings. The van der Waals surface area contributed by atoms with Gasteiger partial charge in [-0.2, -0.15) is 5.26 Å². The van der Waals surface area contributed by atoms with Crippen LogP contribution in [-0.4, -0.2) is 13.1 Å². The number of allylic oxidation sites excluding steroid dienone is 1. The van der Waals surface area contributed by atoms with Gasteiger partial charge < -0.3 is 4.90 Å². The van der Waals surface area contributed by atoms with Gasteiger partial charge in [0.2, 0.25) is 0 Å². The van der Waals surface area contributed by atoms with Crippen LogP contribution < -0.4 is 4.90 Å². The Morgan fingerprint density at radius 3 is 2.56 bits per heavy atom. The zero-order valence-corrected chi connectivity index (χ0v) is 15.3. The van der Waals surface area contributed by atoms with E-state index < -0.39 is 0 Å². The maximum absolute atomic E-state index is 14.6. The molecule has 0 N–H and O–H groups in total. The summed E-state index contributed by atoms with van der Waals surface area (Å²) in [4.78, 5) is 2.07. The zero-order valence-electron chi connectivity index (χ0n) is 13.8. The molecule has 1 saturated heterocycles. The van der Waals surface area contributed by atoms with Gasteiger partial charge >= 0.3 is 0 Å². The Labute approximate surface area is 157 Å². The molecule has 0 amide bonds. The molecule has 1 aliphatic heterocycles. The first-order chi connectivity index (χ1) is 12.0. The van der Waals surface area contributed by atoms with Crippen LogP contribution >= 0.6 is 23.2 Å². The van der Waals surface area contributed by atoms with Crippen molar-refractivity contribution in [3.05, 3.63) is 62.9 Å². The van der Waals surface area contributed by atoms with E-state index in [4.69, 9.17) is 23.2 Å². The van der Waals surface area contributed by atoms with Crippen LogP contribution in [0.1, 0.15) is 29.5 Å². The van der Waals surface area contributed by atoms with Crippen LogP contribution in [0.5, 0.6) is 0 Å². The number of anilines is 1. The average molecular weight is 375 g/mol. The molecular formula is C20H17Cl2FN2. The molecule has 0 bridgehead atoms. The molecule has 1 aliphatic rings. The molecule has 0 saturated carbocycles. The highest BCUT2D eigenvalue weighted by Gasteiger charge is 2.17. The molecule has 1 heterocycles. The largest absolute Gasteiger partial charge is 0.369 e. The summed E-state index contributed by atoms with van der Waals surface area (Å²) in [7, 11) is 0. The molecule has 0 atom stereocenters. The minimum Gasteiger partial charge on any atom is -0.369 e. The van der Waals surface area contributed by atoms with Gasteiger partial charge in [0, 0.05) is 23.7 Å². The first kappa shape index (κ1) is 17.8. The molecule has 0 aliphatic carbocycles. The van der Waals surface area contributed by atoms with Crippen molar-refractivity contribution in [1.29, 1.82) is 5.26 Å². The molecule has 128 valence electrons. The van der Waals surface area contributed by atoms with Crippen LogP contribution in [0.25, 0.3) is 11.6 Å². The Morgan fingerprint density at radius 1 is 1.20 bits per heavy atom. The van der Waals surface area contributed by atoms with E-state index in [1.165, 1.54) is 6.07 Å². The molecule has 3 rings (SSSR count). The van der Waals surface area contributed by atoms with Gasteiger partial charge in [-0.15, -0.1) is 0 Å². The first-order valence-corrected chi connectivity index (χ1v) is 8.87. The van der Waals surface area contributed by atoms with Crippen LogP contribution in [0, 0.1) is 24.1 Å². The second kappa shape index (κ2) is 7.47. The van der Waals surface area contributed by atoms with Gasteiger partial charge in [0.15, 0.2) is 0 Å². The Balaban J connectivity index is 2.01. The molecule has 0 unspecified atom stereocenters. The second-order valence-electron chi connectivity index (χ2n) is 6.15. The number of aryl methyl sites for hydroxylation is 1. The lowest BCUT2D eigenvalue weighted by molar-refractivity contribution is 0.622. The minimum absolute atomic E-state index is 0.266. The summed E-state index contributed by atoms with van der Waals surface area (Å²) in [5, 5.41) is 10.4. The molecule has 0 aromatic heterocycles. The third kappa shape index (κ3) is 3.81. The summed E-state index contributed by atoms with van der Waals surface area (Å²) in [6.45, 7) is 3.69. The quantitative estimate of drug-likeness (QED) is 0.478.